The monoisotopic (exact) mass is 497 g/mol. The summed E-state index contributed by atoms with van der Waals surface area (Å²) in [6, 6.07) is 21.1. The summed E-state index contributed by atoms with van der Waals surface area (Å²) in [5, 5.41) is 5.82. The van der Waals surface area contributed by atoms with E-state index in [1.54, 1.807) is 23.5 Å². The van der Waals surface area contributed by atoms with E-state index in [1.807, 2.05) is 60.0 Å². The van der Waals surface area contributed by atoms with Crippen molar-refractivity contribution in [1.82, 2.24) is 15.0 Å². The number of hydrogen-bond donors (Lipinski definition) is 2. The van der Waals surface area contributed by atoms with E-state index in [2.05, 4.69) is 10.0 Å². The summed E-state index contributed by atoms with van der Waals surface area (Å²) in [5.74, 6) is -0.268. The van der Waals surface area contributed by atoms with Crippen LogP contribution in [0.2, 0.25) is 0 Å². The maximum atomic E-state index is 12.8. The molecule has 0 spiro atoms. The van der Waals surface area contributed by atoms with Crippen LogP contribution in [-0.4, -0.2) is 26.4 Å². The molecule has 2 aromatic heterocycles. The van der Waals surface area contributed by atoms with Crippen molar-refractivity contribution in [3.63, 3.8) is 0 Å². The molecule has 2 N–H and O–H groups in total. The third-order valence-corrected chi connectivity index (χ3v) is 8.34. The van der Waals surface area contributed by atoms with E-state index in [4.69, 9.17) is 4.98 Å². The Morgan fingerprint density at radius 2 is 1.70 bits per heavy atom. The predicted molar refractivity (Wildman–Crippen MR) is 135 cm³/mol. The zero-order chi connectivity index (χ0) is 23.3. The first-order chi connectivity index (χ1) is 15.9. The number of carbonyl (C=O) groups is 1. The Hall–Kier alpha value is -2.85. The molecule has 0 radical (unpaired) electrons. The first-order valence-corrected chi connectivity index (χ1v) is 13.6. The number of hydrogen-bond acceptors (Lipinski definition) is 6. The predicted octanol–water partition coefficient (Wildman–Crippen LogP) is 4.45. The molecular formula is C24H23N3O3S3. The second kappa shape index (κ2) is 10.4. The molecule has 0 atom stereocenters. The second-order valence-corrected chi connectivity index (χ2v) is 11.3. The number of amides is 1. The van der Waals surface area contributed by atoms with Crippen molar-refractivity contribution in [3.8, 4) is 21.1 Å². The molecule has 4 aromatic rings. The van der Waals surface area contributed by atoms with Crippen molar-refractivity contribution >= 4 is 38.6 Å². The van der Waals surface area contributed by atoms with E-state index >= 15 is 0 Å². The first kappa shape index (κ1) is 23.3. The van der Waals surface area contributed by atoms with E-state index in [1.165, 1.54) is 18.4 Å². The zero-order valence-electron chi connectivity index (χ0n) is 17.9. The molecule has 1 amide bonds. The Morgan fingerprint density at radius 3 is 2.39 bits per heavy atom. The SMILES string of the molecule is CNS(=O)(=O)Cc1ccccc1CNC(=O)Cc1sc(-c2ccccc2)nc1-c1cccs1. The number of sulfonamides is 1. The minimum absolute atomic E-state index is 0.132. The van der Waals surface area contributed by atoms with E-state index in [0.29, 0.717) is 5.56 Å². The van der Waals surface area contributed by atoms with Crippen molar-refractivity contribution in [3.05, 3.63) is 88.1 Å². The van der Waals surface area contributed by atoms with Gasteiger partial charge >= 0.3 is 0 Å². The quantitative estimate of drug-likeness (QED) is 0.358. The molecule has 0 aliphatic rings. The summed E-state index contributed by atoms with van der Waals surface area (Å²) in [6.45, 7) is 0.257. The molecule has 0 saturated carbocycles. The maximum Gasteiger partial charge on any atom is 0.225 e. The fraction of sp³-hybridized carbons (Fsp3) is 0.167. The number of aromatic nitrogens is 1. The molecule has 0 aliphatic heterocycles. The molecule has 2 heterocycles. The van der Waals surface area contributed by atoms with Crippen molar-refractivity contribution in [2.24, 2.45) is 0 Å². The van der Waals surface area contributed by atoms with Gasteiger partial charge in [-0.15, -0.1) is 22.7 Å². The topological polar surface area (TPSA) is 88.2 Å². The summed E-state index contributed by atoms with van der Waals surface area (Å²) in [6.07, 6.45) is 0.203. The molecule has 170 valence electrons. The number of nitrogens with one attached hydrogen (secondary N) is 2. The molecule has 6 nitrogen and oxygen atoms in total. The fourth-order valence-electron chi connectivity index (χ4n) is 3.33. The van der Waals surface area contributed by atoms with Gasteiger partial charge in [0.15, 0.2) is 0 Å². The lowest BCUT2D eigenvalue weighted by atomic mass is 10.1. The van der Waals surface area contributed by atoms with Crippen LogP contribution < -0.4 is 10.0 Å². The van der Waals surface area contributed by atoms with Gasteiger partial charge in [-0.25, -0.2) is 18.1 Å². The molecule has 0 fully saturated rings. The standard InChI is InChI=1S/C24H23N3O3S3/c1-25-33(29,30)16-19-11-6-5-10-18(19)15-26-22(28)14-21-23(20-12-7-13-31-20)27-24(32-21)17-8-3-2-4-9-17/h2-13,25H,14-16H2,1H3,(H,26,28). The Balaban J connectivity index is 1.51. The molecule has 0 bridgehead atoms. The lowest BCUT2D eigenvalue weighted by Gasteiger charge is -2.11. The van der Waals surface area contributed by atoms with Crippen LogP contribution in [0.5, 0.6) is 0 Å². The van der Waals surface area contributed by atoms with Gasteiger partial charge in [0.1, 0.15) is 5.01 Å². The summed E-state index contributed by atoms with van der Waals surface area (Å²) in [7, 11) is -2.01. The minimum atomic E-state index is -3.40. The highest BCUT2D eigenvalue weighted by Crippen LogP contribution is 2.36. The third kappa shape index (κ3) is 5.94. The highest BCUT2D eigenvalue weighted by Gasteiger charge is 2.18. The summed E-state index contributed by atoms with van der Waals surface area (Å²) in [5.41, 5.74) is 3.30. The van der Waals surface area contributed by atoms with E-state index in [-0.39, 0.29) is 24.6 Å². The van der Waals surface area contributed by atoms with Gasteiger partial charge in [0, 0.05) is 17.0 Å². The van der Waals surface area contributed by atoms with Crippen LogP contribution in [-0.2, 0) is 33.5 Å². The number of nitrogens with zero attached hydrogens (tertiary/aromatic N) is 1. The number of carbonyl (C=O) groups excluding carboxylic acids is 1. The Morgan fingerprint density at radius 1 is 0.970 bits per heavy atom. The van der Waals surface area contributed by atoms with Gasteiger partial charge in [-0.05, 0) is 29.6 Å². The normalized spacial score (nSPS) is 11.4. The minimum Gasteiger partial charge on any atom is -0.352 e. The lowest BCUT2D eigenvalue weighted by molar-refractivity contribution is -0.120. The van der Waals surface area contributed by atoms with Crippen LogP contribution in [0.1, 0.15) is 16.0 Å². The number of benzene rings is 2. The Kier molecular flexibility index (Phi) is 7.34. The summed E-state index contributed by atoms with van der Waals surface area (Å²) < 4.78 is 26.3. The molecular weight excluding hydrogens is 474 g/mol. The number of thiophene rings is 1. The van der Waals surface area contributed by atoms with Crippen LogP contribution in [0.3, 0.4) is 0 Å². The van der Waals surface area contributed by atoms with E-state index in [9.17, 15) is 13.2 Å². The van der Waals surface area contributed by atoms with Crippen LogP contribution >= 0.6 is 22.7 Å². The van der Waals surface area contributed by atoms with Crippen LogP contribution in [0.4, 0.5) is 0 Å². The molecule has 2 aromatic carbocycles. The van der Waals surface area contributed by atoms with Crippen molar-refractivity contribution in [2.75, 3.05) is 7.05 Å². The smallest absolute Gasteiger partial charge is 0.225 e. The van der Waals surface area contributed by atoms with E-state index in [0.717, 1.165) is 31.6 Å². The van der Waals surface area contributed by atoms with Crippen molar-refractivity contribution in [1.29, 1.82) is 0 Å². The number of rotatable bonds is 9. The summed E-state index contributed by atoms with van der Waals surface area (Å²) >= 11 is 3.12. The van der Waals surface area contributed by atoms with Crippen LogP contribution in [0, 0.1) is 0 Å². The molecule has 4 rings (SSSR count). The van der Waals surface area contributed by atoms with Crippen molar-refractivity contribution < 1.29 is 13.2 Å². The van der Waals surface area contributed by atoms with Gasteiger partial charge in [0.05, 0.1) is 22.7 Å². The zero-order valence-corrected chi connectivity index (χ0v) is 20.4. The van der Waals surface area contributed by atoms with Gasteiger partial charge in [-0.2, -0.15) is 0 Å². The van der Waals surface area contributed by atoms with Crippen LogP contribution in [0.25, 0.3) is 21.1 Å². The van der Waals surface area contributed by atoms with Gasteiger partial charge in [0.2, 0.25) is 15.9 Å². The number of thiazole rings is 1. The molecule has 33 heavy (non-hydrogen) atoms. The van der Waals surface area contributed by atoms with Crippen molar-refractivity contribution in [2.45, 2.75) is 18.7 Å². The Labute approximate surface area is 201 Å². The lowest BCUT2D eigenvalue weighted by Crippen LogP contribution is -2.26. The van der Waals surface area contributed by atoms with Gasteiger partial charge in [-0.3, -0.25) is 4.79 Å². The Bertz CT molecular complexity index is 1330. The highest BCUT2D eigenvalue weighted by molar-refractivity contribution is 7.88. The average Bonchev–Trinajstić information content (AvgIpc) is 3.49. The average molecular weight is 498 g/mol. The molecule has 9 heteroatoms. The van der Waals surface area contributed by atoms with Gasteiger partial charge in [-0.1, -0.05) is 60.7 Å². The van der Waals surface area contributed by atoms with Gasteiger partial charge < -0.3 is 5.32 Å². The first-order valence-electron chi connectivity index (χ1n) is 10.3. The second-order valence-electron chi connectivity index (χ2n) is 7.32. The largest absolute Gasteiger partial charge is 0.352 e. The van der Waals surface area contributed by atoms with Crippen LogP contribution in [0.15, 0.2) is 72.1 Å². The molecule has 0 unspecified atom stereocenters. The summed E-state index contributed by atoms with van der Waals surface area (Å²) in [4.78, 5) is 19.6. The highest BCUT2D eigenvalue weighted by atomic mass is 32.2. The van der Waals surface area contributed by atoms with E-state index < -0.39 is 10.0 Å². The fourth-order valence-corrected chi connectivity index (χ4v) is 6.05. The third-order valence-electron chi connectivity index (χ3n) is 5.04. The van der Waals surface area contributed by atoms with Gasteiger partial charge in [0.25, 0.3) is 0 Å². The molecule has 0 aliphatic carbocycles. The maximum absolute atomic E-state index is 12.8. The molecule has 0 saturated heterocycles.